The first-order chi connectivity index (χ1) is 11.0. The number of urea groups is 1. The fourth-order valence-corrected chi connectivity index (χ4v) is 3.03. The van der Waals surface area contributed by atoms with Gasteiger partial charge in [0, 0.05) is 44.4 Å². The predicted molar refractivity (Wildman–Crippen MR) is 90.6 cm³/mol. The van der Waals surface area contributed by atoms with Gasteiger partial charge in [0.05, 0.1) is 6.20 Å². The van der Waals surface area contributed by atoms with E-state index in [4.69, 9.17) is 5.11 Å². The van der Waals surface area contributed by atoms with Crippen LogP contribution in [0.15, 0.2) is 12.3 Å². The number of aromatic nitrogens is 2. The molecular formula is C16H29N5O2. The maximum Gasteiger partial charge on any atom is 0.323 e. The standard InChI is InChI=1S/C16H29N5O2/c1-13(2)21-15(5-8-17-21)18-16(23)20-10-6-14(7-11-20)19(3)9-4-12-22/h5,8,13-14,22H,4,6-7,9-12H2,1-3H3,(H,18,23). The molecule has 7 nitrogen and oxygen atoms in total. The molecule has 0 aliphatic carbocycles. The van der Waals surface area contributed by atoms with Crippen LogP contribution in [0.1, 0.15) is 39.2 Å². The van der Waals surface area contributed by atoms with Crippen molar-refractivity contribution in [1.82, 2.24) is 19.6 Å². The lowest BCUT2D eigenvalue weighted by Gasteiger charge is -2.36. The number of aliphatic hydroxyl groups is 1. The molecule has 0 saturated carbocycles. The third kappa shape index (κ3) is 4.68. The summed E-state index contributed by atoms with van der Waals surface area (Å²) in [4.78, 5) is 16.6. The van der Waals surface area contributed by atoms with E-state index in [1.165, 1.54) is 0 Å². The van der Waals surface area contributed by atoms with Crippen LogP contribution in [-0.2, 0) is 0 Å². The number of nitrogens with one attached hydrogen (secondary N) is 1. The van der Waals surface area contributed by atoms with Gasteiger partial charge in [0.2, 0.25) is 0 Å². The summed E-state index contributed by atoms with van der Waals surface area (Å²) in [5.74, 6) is 0.743. The van der Waals surface area contributed by atoms with Crippen LogP contribution in [0.2, 0.25) is 0 Å². The third-order valence-corrected chi connectivity index (χ3v) is 4.44. The molecule has 0 bridgehead atoms. The number of hydrogen-bond donors (Lipinski definition) is 2. The van der Waals surface area contributed by atoms with Gasteiger partial charge < -0.3 is 14.9 Å². The summed E-state index contributed by atoms with van der Waals surface area (Å²) in [5, 5.41) is 16.1. The van der Waals surface area contributed by atoms with Gasteiger partial charge in [-0.15, -0.1) is 0 Å². The van der Waals surface area contributed by atoms with Crippen LogP contribution in [0.4, 0.5) is 10.6 Å². The highest BCUT2D eigenvalue weighted by Gasteiger charge is 2.25. The molecule has 1 aliphatic rings. The maximum atomic E-state index is 12.4. The molecule has 7 heteroatoms. The van der Waals surface area contributed by atoms with E-state index >= 15 is 0 Å². The zero-order valence-corrected chi connectivity index (χ0v) is 14.4. The smallest absolute Gasteiger partial charge is 0.323 e. The number of carbonyl (C=O) groups excluding carboxylic acids is 1. The molecule has 2 N–H and O–H groups in total. The van der Waals surface area contributed by atoms with E-state index in [9.17, 15) is 4.79 Å². The molecule has 1 saturated heterocycles. The highest BCUT2D eigenvalue weighted by Crippen LogP contribution is 2.18. The molecular weight excluding hydrogens is 294 g/mol. The Kier molecular flexibility index (Phi) is 6.41. The van der Waals surface area contributed by atoms with Crippen LogP contribution in [0.25, 0.3) is 0 Å². The van der Waals surface area contributed by atoms with Crippen molar-refractivity contribution in [2.45, 2.75) is 45.2 Å². The molecule has 1 aromatic heterocycles. The Balaban J connectivity index is 1.83. The SMILES string of the molecule is CC(C)n1nccc1NC(=O)N1CCC(N(C)CCCO)CC1. The van der Waals surface area contributed by atoms with Crippen molar-refractivity contribution in [2.24, 2.45) is 0 Å². The van der Waals surface area contributed by atoms with Gasteiger partial charge in [-0.05, 0) is 40.2 Å². The Bertz CT molecular complexity index is 494. The van der Waals surface area contributed by atoms with E-state index in [2.05, 4.69) is 22.4 Å². The number of anilines is 1. The first-order valence-corrected chi connectivity index (χ1v) is 8.43. The first kappa shape index (κ1) is 17.7. The van der Waals surface area contributed by atoms with Crippen LogP contribution >= 0.6 is 0 Å². The highest BCUT2D eigenvalue weighted by molar-refractivity contribution is 5.88. The fourth-order valence-electron chi connectivity index (χ4n) is 3.03. The van der Waals surface area contributed by atoms with Gasteiger partial charge in [-0.1, -0.05) is 0 Å². The van der Waals surface area contributed by atoms with Gasteiger partial charge in [-0.2, -0.15) is 5.10 Å². The lowest BCUT2D eigenvalue weighted by Crippen LogP contribution is -2.47. The van der Waals surface area contributed by atoms with E-state index < -0.39 is 0 Å². The number of nitrogens with zero attached hydrogens (tertiary/aromatic N) is 4. The number of carbonyl (C=O) groups is 1. The van der Waals surface area contributed by atoms with Crippen molar-refractivity contribution in [3.05, 3.63) is 12.3 Å². The summed E-state index contributed by atoms with van der Waals surface area (Å²) in [6, 6.07) is 2.48. The van der Waals surface area contributed by atoms with Crippen LogP contribution in [0.5, 0.6) is 0 Å². The van der Waals surface area contributed by atoms with Gasteiger partial charge in [-0.25, -0.2) is 9.48 Å². The molecule has 0 radical (unpaired) electrons. The second-order valence-electron chi connectivity index (χ2n) is 6.46. The zero-order chi connectivity index (χ0) is 16.8. The van der Waals surface area contributed by atoms with Gasteiger partial charge in [0.15, 0.2) is 0 Å². The largest absolute Gasteiger partial charge is 0.396 e. The van der Waals surface area contributed by atoms with Crippen molar-refractivity contribution < 1.29 is 9.90 Å². The molecule has 0 atom stereocenters. The minimum atomic E-state index is -0.0520. The summed E-state index contributed by atoms with van der Waals surface area (Å²) in [6.45, 7) is 6.73. The number of rotatable bonds is 6. The highest BCUT2D eigenvalue weighted by atomic mass is 16.3. The van der Waals surface area contributed by atoms with Crippen molar-refractivity contribution in [2.75, 3.05) is 38.6 Å². The molecule has 1 aliphatic heterocycles. The summed E-state index contributed by atoms with van der Waals surface area (Å²) >= 11 is 0. The molecule has 0 spiro atoms. The average molecular weight is 323 g/mol. The Morgan fingerprint density at radius 3 is 2.78 bits per heavy atom. The second kappa shape index (κ2) is 8.31. The van der Waals surface area contributed by atoms with Crippen LogP contribution in [0, 0.1) is 0 Å². The Hall–Kier alpha value is -1.60. The minimum absolute atomic E-state index is 0.0520. The monoisotopic (exact) mass is 323 g/mol. The summed E-state index contributed by atoms with van der Waals surface area (Å²) in [7, 11) is 2.09. The molecule has 2 heterocycles. The van der Waals surface area contributed by atoms with E-state index in [-0.39, 0.29) is 18.7 Å². The molecule has 130 valence electrons. The van der Waals surface area contributed by atoms with Crippen LogP contribution < -0.4 is 5.32 Å². The van der Waals surface area contributed by atoms with Crippen molar-refractivity contribution in [1.29, 1.82) is 0 Å². The van der Waals surface area contributed by atoms with E-state index in [0.29, 0.717) is 6.04 Å². The topological polar surface area (TPSA) is 73.6 Å². The normalized spacial score (nSPS) is 16.3. The Morgan fingerprint density at radius 2 is 2.17 bits per heavy atom. The number of piperidine rings is 1. The summed E-state index contributed by atoms with van der Waals surface area (Å²) in [5.41, 5.74) is 0. The number of aliphatic hydroxyl groups excluding tert-OH is 1. The second-order valence-corrected chi connectivity index (χ2v) is 6.46. The van der Waals surface area contributed by atoms with Gasteiger partial charge >= 0.3 is 6.03 Å². The fraction of sp³-hybridized carbons (Fsp3) is 0.750. The van der Waals surface area contributed by atoms with Crippen molar-refractivity contribution in [3.8, 4) is 0 Å². The van der Waals surface area contributed by atoms with E-state index in [1.807, 2.05) is 29.5 Å². The zero-order valence-electron chi connectivity index (χ0n) is 14.4. The molecule has 0 aromatic carbocycles. The Morgan fingerprint density at radius 1 is 1.48 bits per heavy atom. The molecule has 23 heavy (non-hydrogen) atoms. The van der Waals surface area contributed by atoms with Crippen LogP contribution in [0.3, 0.4) is 0 Å². The molecule has 1 aromatic rings. The predicted octanol–water partition coefficient (Wildman–Crippen LogP) is 1.77. The minimum Gasteiger partial charge on any atom is -0.396 e. The molecule has 1 fully saturated rings. The molecule has 2 rings (SSSR count). The van der Waals surface area contributed by atoms with E-state index in [0.717, 1.165) is 44.7 Å². The van der Waals surface area contributed by atoms with Gasteiger partial charge in [0.25, 0.3) is 0 Å². The lowest BCUT2D eigenvalue weighted by molar-refractivity contribution is 0.134. The van der Waals surface area contributed by atoms with Crippen molar-refractivity contribution >= 4 is 11.8 Å². The molecule has 2 amide bonds. The van der Waals surface area contributed by atoms with Gasteiger partial charge in [-0.3, -0.25) is 5.32 Å². The van der Waals surface area contributed by atoms with Gasteiger partial charge in [0.1, 0.15) is 5.82 Å². The average Bonchev–Trinajstić information content (AvgIpc) is 3.01. The third-order valence-electron chi connectivity index (χ3n) is 4.44. The Labute approximate surface area is 138 Å². The number of likely N-dealkylation sites (tertiary alicyclic amines) is 1. The van der Waals surface area contributed by atoms with E-state index in [1.54, 1.807) is 6.20 Å². The maximum absolute atomic E-state index is 12.4. The first-order valence-electron chi connectivity index (χ1n) is 8.43. The molecule has 0 unspecified atom stereocenters. The quantitative estimate of drug-likeness (QED) is 0.837. The lowest BCUT2D eigenvalue weighted by atomic mass is 10.0. The summed E-state index contributed by atoms with van der Waals surface area (Å²) in [6.07, 6.45) is 4.45. The number of hydrogen-bond acceptors (Lipinski definition) is 4. The van der Waals surface area contributed by atoms with Crippen LogP contribution in [-0.4, -0.2) is 70.0 Å². The number of amides is 2. The van der Waals surface area contributed by atoms with Crippen molar-refractivity contribution in [3.63, 3.8) is 0 Å². The summed E-state index contributed by atoms with van der Waals surface area (Å²) < 4.78 is 1.81.